The number of nitrogens with zero attached hydrogens (tertiary/aromatic N) is 1. The van der Waals surface area contributed by atoms with Crippen molar-refractivity contribution >= 4 is 0 Å². The lowest BCUT2D eigenvalue weighted by Gasteiger charge is -2.35. The highest BCUT2D eigenvalue weighted by molar-refractivity contribution is 4.53. The third kappa shape index (κ3) is 29.0. The predicted molar refractivity (Wildman–Crippen MR) is 176 cm³/mol. The zero-order valence-electron chi connectivity index (χ0n) is 27.8. The molecule has 0 radical (unpaired) electrons. The molecule has 0 aromatic carbocycles. The molecule has 0 fully saturated rings. The summed E-state index contributed by atoms with van der Waals surface area (Å²) in [5.41, 5.74) is 0. The Kier molecular flexibility index (Phi) is 31.5. The second-order valence-electron chi connectivity index (χ2n) is 13.3. The van der Waals surface area contributed by atoms with E-state index in [9.17, 15) is 0 Å². The lowest BCUT2D eigenvalue weighted by Crippen LogP contribution is -2.46. The number of quaternary nitrogens is 1. The highest BCUT2D eigenvalue weighted by Gasteiger charge is 2.20. The summed E-state index contributed by atoms with van der Waals surface area (Å²) in [5.74, 6) is 0. The SMILES string of the molecule is CCCCCCCCCCCCC[N+](C)(CCCCCCCCCCC)CCCCCCCCCCCC. The zero-order valence-corrected chi connectivity index (χ0v) is 27.8. The monoisotopic (exact) mass is 537 g/mol. The topological polar surface area (TPSA) is 0 Å². The van der Waals surface area contributed by atoms with E-state index in [-0.39, 0.29) is 0 Å². The summed E-state index contributed by atoms with van der Waals surface area (Å²) in [5, 5.41) is 0. The molecule has 0 heterocycles. The van der Waals surface area contributed by atoms with Gasteiger partial charge in [0.15, 0.2) is 0 Å². The maximum atomic E-state index is 2.61. The van der Waals surface area contributed by atoms with E-state index in [0.717, 1.165) is 0 Å². The van der Waals surface area contributed by atoms with Crippen molar-refractivity contribution in [3.05, 3.63) is 0 Å². The van der Waals surface area contributed by atoms with Crippen LogP contribution in [0.4, 0.5) is 0 Å². The fraction of sp³-hybridized carbons (Fsp3) is 1.00. The van der Waals surface area contributed by atoms with Gasteiger partial charge in [0.2, 0.25) is 0 Å². The number of hydrogen-bond donors (Lipinski definition) is 0. The Labute approximate surface area is 244 Å². The van der Waals surface area contributed by atoms with E-state index in [2.05, 4.69) is 27.8 Å². The molecule has 0 aromatic rings. The van der Waals surface area contributed by atoms with Crippen molar-refractivity contribution in [2.24, 2.45) is 0 Å². The Balaban J connectivity index is 4.05. The number of rotatable bonds is 33. The van der Waals surface area contributed by atoms with Crippen molar-refractivity contribution in [2.75, 3.05) is 26.7 Å². The summed E-state index contributed by atoms with van der Waals surface area (Å²) in [7, 11) is 2.61. The Morgan fingerprint density at radius 1 is 0.237 bits per heavy atom. The molecule has 0 spiro atoms. The molecule has 0 saturated carbocycles. The van der Waals surface area contributed by atoms with Crippen molar-refractivity contribution in [1.29, 1.82) is 0 Å². The molecule has 1 atom stereocenters. The van der Waals surface area contributed by atoms with E-state index >= 15 is 0 Å². The normalized spacial score (nSPS) is 13.3. The van der Waals surface area contributed by atoms with E-state index in [1.54, 1.807) is 0 Å². The van der Waals surface area contributed by atoms with Gasteiger partial charge in [-0.05, 0) is 38.5 Å². The van der Waals surface area contributed by atoms with Crippen LogP contribution in [0, 0.1) is 0 Å². The molecule has 0 bridgehead atoms. The van der Waals surface area contributed by atoms with Crippen LogP contribution in [-0.4, -0.2) is 31.2 Å². The fourth-order valence-electron chi connectivity index (χ4n) is 6.28. The van der Waals surface area contributed by atoms with Crippen LogP contribution in [0.25, 0.3) is 0 Å². The van der Waals surface area contributed by atoms with Gasteiger partial charge in [-0.25, -0.2) is 0 Å². The summed E-state index contributed by atoms with van der Waals surface area (Å²) in [6.07, 6.45) is 43.8. The zero-order chi connectivity index (χ0) is 27.8. The van der Waals surface area contributed by atoms with Crippen LogP contribution in [0.2, 0.25) is 0 Å². The quantitative estimate of drug-likeness (QED) is 0.0577. The van der Waals surface area contributed by atoms with Gasteiger partial charge in [-0.3, -0.25) is 0 Å². The van der Waals surface area contributed by atoms with Gasteiger partial charge in [0.25, 0.3) is 0 Å². The van der Waals surface area contributed by atoms with Crippen LogP contribution >= 0.6 is 0 Å². The summed E-state index contributed by atoms with van der Waals surface area (Å²) >= 11 is 0. The van der Waals surface area contributed by atoms with Crippen LogP contribution < -0.4 is 0 Å². The minimum Gasteiger partial charge on any atom is -0.326 e. The molecule has 0 saturated heterocycles. The Morgan fingerprint density at radius 3 is 0.579 bits per heavy atom. The second kappa shape index (κ2) is 31.5. The summed E-state index contributed by atoms with van der Waals surface area (Å²) in [4.78, 5) is 0. The van der Waals surface area contributed by atoms with E-state index in [0.29, 0.717) is 0 Å². The number of hydrogen-bond acceptors (Lipinski definition) is 0. The highest BCUT2D eigenvalue weighted by atomic mass is 15.3. The Morgan fingerprint density at radius 2 is 0.395 bits per heavy atom. The summed E-state index contributed by atoms with van der Waals surface area (Å²) in [6, 6.07) is 0. The Bertz CT molecular complexity index is 419. The van der Waals surface area contributed by atoms with Gasteiger partial charge in [-0.2, -0.15) is 0 Å². The molecule has 1 nitrogen and oxygen atoms in total. The van der Waals surface area contributed by atoms with Crippen molar-refractivity contribution in [1.82, 2.24) is 0 Å². The molecule has 1 unspecified atom stereocenters. The number of unbranched alkanes of at least 4 members (excludes halogenated alkanes) is 27. The van der Waals surface area contributed by atoms with Crippen LogP contribution in [0.5, 0.6) is 0 Å². The third-order valence-electron chi connectivity index (χ3n) is 9.15. The molecule has 230 valence electrons. The highest BCUT2D eigenvalue weighted by Crippen LogP contribution is 2.18. The van der Waals surface area contributed by atoms with Crippen molar-refractivity contribution in [2.45, 2.75) is 213 Å². The van der Waals surface area contributed by atoms with Crippen molar-refractivity contribution in [3.8, 4) is 0 Å². The molecule has 0 aliphatic heterocycles. The standard InChI is InChI=1S/C37H78N/c1-5-8-11-14-17-20-22-25-28-31-34-37-38(4,35-32-29-26-23-19-16-13-10-7-3)36-33-30-27-24-21-18-15-12-9-6-2/h5-37H2,1-4H3/q+1. The smallest absolute Gasteiger partial charge is 0.0784 e. The van der Waals surface area contributed by atoms with Crippen LogP contribution in [0.15, 0.2) is 0 Å². The van der Waals surface area contributed by atoms with Gasteiger partial charge in [0.05, 0.1) is 26.7 Å². The van der Waals surface area contributed by atoms with Gasteiger partial charge >= 0.3 is 0 Å². The molecular formula is C37H78N+. The van der Waals surface area contributed by atoms with Crippen LogP contribution in [-0.2, 0) is 0 Å². The molecule has 0 rings (SSSR count). The molecule has 38 heavy (non-hydrogen) atoms. The molecule has 0 N–H and O–H groups in total. The van der Waals surface area contributed by atoms with Gasteiger partial charge in [-0.15, -0.1) is 0 Å². The van der Waals surface area contributed by atoms with Crippen molar-refractivity contribution in [3.63, 3.8) is 0 Å². The van der Waals surface area contributed by atoms with E-state index in [1.165, 1.54) is 217 Å². The first kappa shape index (κ1) is 38.0. The molecule has 1 heteroatoms. The van der Waals surface area contributed by atoms with Crippen molar-refractivity contribution < 1.29 is 4.48 Å². The van der Waals surface area contributed by atoms with Crippen LogP contribution in [0.3, 0.4) is 0 Å². The molecule has 0 aliphatic rings. The minimum absolute atomic E-state index is 1.37. The lowest BCUT2D eigenvalue weighted by molar-refractivity contribution is -0.910. The molecule has 0 amide bonds. The van der Waals surface area contributed by atoms with E-state index < -0.39 is 0 Å². The predicted octanol–water partition coefficient (Wildman–Crippen LogP) is 13.2. The van der Waals surface area contributed by atoms with Gasteiger partial charge in [0.1, 0.15) is 0 Å². The average molecular weight is 537 g/mol. The molecular weight excluding hydrogens is 458 g/mol. The maximum absolute atomic E-state index is 2.61. The summed E-state index contributed by atoms with van der Waals surface area (Å²) < 4.78 is 1.37. The van der Waals surface area contributed by atoms with E-state index in [1.807, 2.05) is 0 Å². The molecule has 0 aliphatic carbocycles. The minimum atomic E-state index is 1.37. The third-order valence-corrected chi connectivity index (χ3v) is 9.15. The second-order valence-corrected chi connectivity index (χ2v) is 13.3. The van der Waals surface area contributed by atoms with Gasteiger partial charge < -0.3 is 4.48 Å². The first-order valence-electron chi connectivity index (χ1n) is 18.5. The van der Waals surface area contributed by atoms with Gasteiger partial charge in [-0.1, -0.05) is 175 Å². The first-order chi connectivity index (χ1) is 18.7. The fourth-order valence-corrected chi connectivity index (χ4v) is 6.28. The summed E-state index contributed by atoms with van der Waals surface area (Å²) in [6.45, 7) is 11.3. The van der Waals surface area contributed by atoms with Gasteiger partial charge in [0, 0.05) is 0 Å². The average Bonchev–Trinajstić information content (AvgIpc) is 2.92. The maximum Gasteiger partial charge on any atom is 0.0784 e. The van der Waals surface area contributed by atoms with Crippen LogP contribution in [0.1, 0.15) is 213 Å². The lowest BCUT2D eigenvalue weighted by atomic mass is 10.0. The largest absolute Gasteiger partial charge is 0.326 e. The first-order valence-corrected chi connectivity index (χ1v) is 18.5. The Hall–Kier alpha value is -0.0400. The van der Waals surface area contributed by atoms with E-state index in [4.69, 9.17) is 0 Å². The molecule has 0 aromatic heterocycles.